The first-order chi connectivity index (χ1) is 14.7. The van der Waals surface area contributed by atoms with Gasteiger partial charge >= 0.3 is 0 Å². The fraction of sp³-hybridized carbons (Fsp3) is 0.333. The number of amides is 2. The number of aryl methyl sites for hydroxylation is 2. The Bertz CT molecular complexity index is 1100. The number of halogens is 2. The van der Waals surface area contributed by atoms with Gasteiger partial charge in [0.2, 0.25) is 0 Å². The number of carbonyl (C=O) groups is 2. The molecule has 2 aromatic rings. The Labute approximate surface area is 179 Å². The van der Waals surface area contributed by atoms with Gasteiger partial charge in [-0.25, -0.2) is 13.7 Å². The van der Waals surface area contributed by atoms with Gasteiger partial charge in [-0.05, 0) is 56.5 Å². The second-order valence-corrected chi connectivity index (χ2v) is 8.23. The van der Waals surface area contributed by atoms with Crippen molar-refractivity contribution >= 4 is 23.1 Å². The molecule has 0 radical (unpaired) electrons. The van der Waals surface area contributed by atoms with Crippen LogP contribution < -0.4 is 4.90 Å². The first-order valence-corrected chi connectivity index (χ1v) is 10.2. The number of benzene rings is 2. The summed E-state index contributed by atoms with van der Waals surface area (Å²) in [7, 11) is 0. The van der Waals surface area contributed by atoms with E-state index in [0.29, 0.717) is 18.7 Å². The van der Waals surface area contributed by atoms with Gasteiger partial charge in [0, 0.05) is 19.2 Å². The first kappa shape index (κ1) is 21.2. The first-order valence-electron chi connectivity index (χ1n) is 10.2. The van der Waals surface area contributed by atoms with E-state index in [0.717, 1.165) is 34.2 Å². The summed E-state index contributed by atoms with van der Waals surface area (Å²) in [5, 5.41) is 0. The predicted molar refractivity (Wildman–Crippen MR) is 113 cm³/mol. The van der Waals surface area contributed by atoms with E-state index in [1.54, 1.807) is 6.07 Å². The van der Waals surface area contributed by atoms with Gasteiger partial charge in [-0.15, -0.1) is 0 Å². The summed E-state index contributed by atoms with van der Waals surface area (Å²) in [5.74, 6) is -2.90. The number of morpholine rings is 1. The van der Waals surface area contributed by atoms with Crippen LogP contribution in [0.15, 0.2) is 42.1 Å². The smallest absolute Gasteiger partial charge is 0.282 e. The third-order valence-electron chi connectivity index (χ3n) is 5.74. The fourth-order valence-electron chi connectivity index (χ4n) is 4.21. The molecule has 0 aliphatic carbocycles. The molecule has 0 aromatic heterocycles. The maximum atomic E-state index is 14.5. The molecule has 2 heterocycles. The second kappa shape index (κ2) is 7.89. The largest absolute Gasteiger partial charge is 0.372 e. The lowest BCUT2D eigenvalue weighted by Crippen LogP contribution is -2.47. The maximum Gasteiger partial charge on any atom is 0.282 e. The normalized spacial score (nSPS) is 22.0. The van der Waals surface area contributed by atoms with E-state index < -0.39 is 23.4 Å². The highest BCUT2D eigenvalue weighted by Crippen LogP contribution is 2.37. The fourth-order valence-corrected chi connectivity index (χ4v) is 4.21. The van der Waals surface area contributed by atoms with Gasteiger partial charge in [0.15, 0.2) is 0 Å². The van der Waals surface area contributed by atoms with Crippen molar-refractivity contribution in [2.24, 2.45) is 0 Å². The zero-order chi connectivity index (χ0) is 22.4. The van der Waals surface area contributed by atoms with Crippen LogP contribution in [-0.2, 0) is 14.3 Å². The second-order valence-electron chi connectivity index (χ2n) is 8.23. The molecule has 0 bridgehead atoms. The lowest BCUT2D eigenvalue weighted by molar-refractivity contribution is -0.121. The molecule has 0 saturated carbocycles. The van der Waals surface area contributed by atoms with Crippen LogP contribution in [0.2, 0.25) is 0 Å². The number of nitrogens with zero attached hydrogens (tertiary/aromatic N) is 2. The molecule has 5 nitrogen and oxygen atoms in total. The zero-order valence-electron chi connectivity index (χ0n) is 17.9. The van der Waals surface area contributed by atoms with Crippen molar-refractivity contribution < 1.29 is 23.1 Å². The summed E-state index contributed by atoms with van der Waals surface area (Å²) >= 11 is 0. The Kier molecular flexibility index (Phi) is 5.39. The Balaban J connectivity index is 1.89. The predicted octanol–water partition coefficient (Wildman–Crippen LogP) is 3.98. The molecule has 7 heteroatoms. The van der Waals surface area contributed by atoms with Crippen LogP contribution >= 0.6 is 0 Å². The summed E-state index contributed by atoms with van der Waals surface area (Å²) in [5.41, 5.74) is 2.58. The molecule has 31 heavy (non-hydrogen) atoms. The van der Waals surface area contributed by atoms with Crippen molar-refractivity contribution in [3.05, 3.63) is 70.4 Å². The highest BCUT2D eigenvalue weighted by molar-refractivity contribution is 6.45. The summed E-state index contributed by atoms with van der Waals surface area (Å²) in [6.07, 6.45) is -0.305. The quantitative estimate of drug-likeness (QED) is 0.697. The van der Waals surface area contributed by atoms with Crippen LogP contribution in [0.3, 0.4) is 0 Å². The van der Waals surface area contributed by atoms with Gasteiger partial charge in [-0.1, -0.05) is 18.2 Å². The van der Waals surface area contributed by atoms with Gasteiger partial charge in [0.05, 0.1) is 23.5 Å². The van der Waals surface area contributed by atoms with E-state index >= 15 is 0 Å². The van der Waals surface area contributed by atoms with Gasteiger partial charge < -0.3 is 9.64 Å². The van der Waals surface area contributed by atoms with Crippen LogP contribution in [0.25, 0.3) is 5.57 Å². The van der Waals surface area contributed by atoms with Crippen molar-refractivity contribution in [2.75, 3.05) is 18.0 Å². The van der Waals surface area contributed by atoms with E-state index in [4.69, 9.17) is 4.74 Å². The number of ether oxygens (including phenoxy) is 1. The monoisotopic (exact) mass is 426 g/mol. The highest BCUT2D eigenvalue weighted by Gasteiger charge is 2.44. The van der Waals surface area contributed by atoms with E-state index in [9.17, 15) is 18.4 Å². The van der Waals surface area contributed by atoms with Crippen LogP contribution in [0.4, 0.5) is 14.5 Å². The molecule has 2 amide bonds. The number of carbonyl (C=O) groups excluding carboxylic acids is 2. The van der Waals surface area contributed by atoms with Crippen LogP contribution in [0.1, 0.15) is 30.5 Å². The molecule has 2 atom stereocenters. The van der Waals surface area contributed by atoms with Crippen LogP contribution in [-0.4, -0.2) is 42.0 Å². The third kappa shape index (κ3) is 3.74. The molecule has 0 spiro atoms. The Morgan fingerprint density at radius 1 is 0.903 bits per heavy atom. The van der Waals surface area contributed by atoms with Crippen molar-refractivity contribution in [3.8, 4) is 0 Å². The molecule has 2 unspecified atom stereocenters. The van der Waals surface area contributed by atoms with E-state index in [2.05, 4.69) is 0 Å². The van der Waals surface area contributed by atoms with Gasteiger partial charge in [-0.3, -0.25) is 9.59 Å². The minimum absolute atomic E-state index is 0.153. The summed E-state index contributed by atoms with van der Waals surface area (Å²) in [6.45, 7) is 8.48. The lowest BCUT2D eigenvalue weighted by Gasteiger charge is -2.37. The molecule has 2 aliphatic heterocycles. The Hall–Kier alpha value is -3.06. The van der Waals surface area contributed by atoms with E-state index in [-0.39, 0.29) is 29.2 Å². The van der Waals surface area contributed by atoms with Crippen molar-refractivity contribution in [2.45, 2.75) is 39.9 Å². The third-order valence-corrected chi connectivity index (χ3v) is 5.74. The highest BCUT2D eigenvalue weighted by atomic mass is 19.1. The van der Waals surface area contributed by atoms with Crippen LogP contribution in [0, 0.1) is 25.5 Å². The summed E-state index contributed by atoms with van der Waals surface area (Å²) in [6, 6.07) is 8.24. The number of anilines is 1. The van der Waals surface area contributed by atoms with Crippen LogP contribution in [0.5, 0.6) is 0 Å². The molecule has 4 rings (SSSR count). The molecule has 2 aromatic carbocycles. The molecule has 1 saturated heterocycles. The van der Waals surface area contributed by atoms with Gasteiger partial charge in [0.25, 0.3) is 11.8 Å². The molecular weight excluding hydrogens is 402 g/mol. The van der Waals surface area contributed by atoms with E-state index in [1.807, 2.05) is 44.7 Å². The number of hydrogen-bond acceptors (Lipinski definition) is 4. The van der Waals surface area contributed by atoms with Gasteiger partial charge in [-0.2, -0.15) is 0 Å². The Morgan fingerprint density at radius 3 is 2.23 bits per heavy atom. The standard InChI is InChI=1S/C24H24F2N2O3/c1-13-5-6-17(9-14(13)2)21-22(27-11-15(3)31-16(4)12-27)24(30)28(23(21)29)20-10-18(25)7-8-19(20)26/h5-10,15-16H,11-12H2,1-4H3. The zero-order valence-corrected chi connectivity index (χ0v) is 17.9. The van der Waals surface area contributed by atoms with Crippen molar-refractivity contribution in [1.29, 1.82) is 0 Å². The average Bonchev–Trinajstić information content (AvgIpc) is 2.95. The Morgan fingerprint density at radius 2 is 1.58 bits per heavy atom. The molecule has 162 valence electrons. The topological polar surface area (TPSA) is 49.9 Å². The minimum Gasteiger partial charge on any atom is -0.372 e. The minimum atomic E-state index is -0.840. The summed E-state index contributed by atoms with van der Waals surface area (Å²) < 4.78 is 34.2. The number of hydrogen-bond donors (Lipinski definition) is 0. The summed E-state index contributed by atoms with van der Waals surface area (Å²) in [4.78, 5) is 29.6. The van der Waals surface area contributed by atoms with E-state index in [1.165, 1.54) is 0 Å². The van der Waals surface area contributed by atoms with Crippen molar-refractivity contribution in [3.63, 3.8) is 0 Å². The van der Waals surface area contributed by atoms with Crippen molar-refractivity contribution in [1.82, 2.24) is 4.90 Å². The SMILES string of the molecule is Cc1ccc(C2=C(N3CC(C)OC(C)C3)C(=O)N(c3cc(F)ccc3F)C2=O)cc1C. The number of rotatable bonds is 3. The molecule has 1 fully saturated rings. The maximum absolute atomic E-state index is 14.5. The molecule has 0 N–H and O–H groups in total. The molecule has 2 aliphatic rings. The molecular formula is C24H24F2N2O3. The average molecular weight is 426 g/mol. The van der Waals surface area contributed by atoms with Gasteiger partial charge in [0.1, 0.15) is 17.3 Å². The number of imide groups is 1. The lowest BCUT2D eigenvalue weighted by atomic mass is 9.99.